The number of anilines is 3. The number of halogens is 2. The second kappa shape index (κ2) is 5.38. The Morgan fingerprint density at radius 3 is 2.53 bits per heavy atom. The molecule has 0 aliphatic carbocycles. The van der Waals surface area contributed by atoms with Gasteiger partial charge < -0.3 is 16.2 Å². The van der Waals surface area contributed by atoms with E-state index in [2.05, 4.69) is 5.32 Å². The smallest absolute Gasteiger partial charge is 0.335 e. The highest BCUT2D eigenvalue weighted by atomic mass is 35.5. The van der Waals surface area contributed by atoms with E-state index in [1.807, 2.05) is 0 Å². The molecule has 4 nitrogen and oxygen atoms in total. The number of nitrogens with one attached hydrogen (secondary N) is 1. The third kappa shape index (κ3) is 3.10. The zero-order valence-corrected chi connectivity index (χ0v) is 11.2. The molecule has 0 radical (unpaired) electrons. The monoisotopic (exact) mass is 296 g/mol. The van der Waals surface area contributed by atoms with Crippen molar-refractivity contribution in [2.45, 2.75) is 0 Å². The van der Waals surface area contributed by atoms with Gasteiger partial charge in [-0.05, 0) is 36.4 Å². The van der Waals surface area contributed by atoms with Gasteiger partial charge in [-0.2, -0.15) is 0 Å². The van der Waals surface area contributed by atoms with Crippen LogP contribution in [0.4, 0.5) is 17.1 Å². The van der Waals surface area contributed by atoms with Gasteiger partial charge in [0.25, 0.3) is 0 Å². The Kier molecular flexibility index (Phi) is 3.83. The quantitative estimate of drug-likeness (QED) is 0.748. The van der Waals surface area contributed by atoms with Crippen molar-refractivity contribution in [3.05, 3.63) is 52.0 Å². The van der Waals surface area contributed by atoms with E-state index in [1.54, 1.807) is 18.2 Å². The first-order chi connectivity index (χ1) is 8.97. The summed E-state index contributed by atoms with van der Waals surface area (Å²) in [5.74, 6) is -1.03. The van der Waals surface area contributed by atoms with E-state index in [9.17, 15) is 4.79 Å². The van der Waals surface area contributed by atoms with Crippen LogP contribution in [0.15, 0.2) is 36.4 Å². The van der Waals surface area contributed by atoms with Crippen LogP contribution in [0, 0.1) is 0 Å². The van der Waals surface area contributed by atoms with Crippen molar-refractivity contribution in [2.24, 2.45) is 0 Å². The fourth-order valence-corrected chi connectivity index (χ4v) is 1.87. The number of rotatable bonds is 3. The summed E-state index contributed by atoms with van der Waals surface area (Å²) in [6.07, 6.45) is 0. The zero-order valence-electron chi connectivity index (χ0n) is 9.65. The molecule has 2 aromatic carbocycles. The highest BCUT2D eigenvalue weighted by Gasteiger charge is 2.08. The average molecular weight is 297 g/mol. The number of nitrogens with two attached hydrogens (primary N) is 1. The molecule has 0 saturated heterocycles. The van der Waals surface area contributed by atoms with Crippen LogP contribution in [0.25, 0.3) is 0 Å². The van der Waals surface area contributed by atoms with Crippen LogP contribution in [0.1, 0.15) is 10.4 Å². The van der Waals surface area contributed by atoms with Gasteiger partial charge >= 0.3 is 5.97 Å². The highest BCUT2D eigenvalue weighted by molar-refractivity contribution is 6.35. The van der Waals surface area contributed by atoms with Crippen LogP contribution in [0.3, 0.4) is 0 Å². The lowest BCUT2D eigenvalue weighted by molar-refractivity contribution is 0.0697. The van der Waals surface area contributed by atoms with Crippen molar-refractivity contribution in [3.8, 4) is 0 Å². The summed E-state index contributed by atoms with van der Waals surface area (Å²) in [6.45, 7) is 0. The molecule has 19 heavy (non-hydrogen) atoms. The van der Waals surface area contributed by atoms with Crippen molar-refractivity contribution in [1.82, 2.24) is 0 Å². The molecule has 0 aliphatic rings. The van der Waals surface area contributed by atoms with E-state index in [-0.39, 0.29) is 5.56 Å². The van der Waals surface area contributed by atoms with Crippen molar-refractivity contribution in [3.63, 3.8) is 0 Å². The highest BCUT2D eigenvalue weighted by Crippen LogP contribution is 2.31. The molecule has 0 aliphatic heterocycles. The number of aromatic carboxylic acids is 1. The molecule has 98 valence electrons. The lowest BCUT2D eigenvalue weighted by Gasteiger charge is -2.12. The maximum atomic E-state index is 10.9. The Labute approximate surface area is 119 Å². The van der Waals surface area contributed by atoms with Crippen LogP contribution in [-0.2, 0) is 0 Å². The maximum absolute atomic E-state index is 10.9. The number of carbonyl (C=O) groups is 1. The molecule has 0 atom stereocenters. The summed E-state index contributed by atoms with van der Waals surface area (Å²) >= 11 is 11.9. The summed E-state index contributed by atoms with van der Waals surface area (Å²) < 4.78 is 0. The summed E-state index contributed by atoms with van der Waals surface area (Å²) in [4.78, 5) is 10.9. The number of hydrogen-bond acceptors (Lipinski definition) is 3. The van der Waals surface area contributed by atoms with E-state index in [1.165, 1.54) is 18.2 Å². The summed E-state index contributed by atoms with van der Waals surface area (Å²) in [5.41, 5.74) is 7.37. The molecule has 2 rings (SSSR count). The summed E-state index contributed by atoms with van der Waals surface area (Å²) in [7, 11) is 0. The molecule has 0 spiro atoms. The number of carboxylic acids is 1. The minimum Gasteiger partial charge on any atom is -0.478 e. The molecule has 0 aromatic heterocycles. The predicted octanol–water partition coefficient (Wildman–Crippen LogP) is 4.02. The molecule has 0 amide bonds. The Bertz CT molecular complexity index is 645. The van der Waals surface area contributed by atoms with Gasteiger partial charge in [-0.3, -0.25) is 0 Å². The van der Waals surface area contributed by atoms with Crippen molar-refractivity contribution < 1.29 is 9.90 Å². The van der Waals surface area contributed by atoms with Gasteiger partial charge in [0.1, 0.15) is 0 Å². The standard InChI is InChI=1S/C13H10Cl2N2O2/c14-8-2-3-9(15)11(6-8)17-12-5-7(13(18)19)1-4-10(12)16/h1-6,17H,16H2,(H,18,19). The van der Waals surface area contributed by atoms with Gasteiger partial charge in [0.2, 0.25) is 0 Å². The maximum Gasteiger partial charge on any atom is 0.335 e. The van der Waals surface area contributed by atoms with E-state index in [4.69, 9.17) is 34.0 Å². The molecular weight excluding hydrogens is 287 g/mol. The minimum atomic E-state index is -1.03. The second-order valence-electron chi connectivity index (χ2n) is 3.86. The topological polar surface area (TPSA) is 75.4 Å². The molecule has 0 unspecified atom stereocenters. The number of carboxylic acid groups (broad SMARTS) is 1. The fourth-order valence-electron chi connectivity index (χ4n) is 1.54. The average Bonchev–Trinajstić information content (AvgIpc) is 2.36. The van der Waals surface area contributed by atoms with Gasteiger partial charge in [0.15, 0.2) is 0 Å². The summed E-state index contributed by atoms with van der Waals surface area (Å²) in [6, 6.07) is 9.33. The van der Waals surface area contributed by atoms with Crippen molar-refractivity contribution >= 4 is 46.2 Å². The minimum absolute atomic E-state index is 0.134. The normalized spacial score (nSPS) is 10.2. The SMILES string of the molecule is Nc1ccc(C(=O)O)cc1Nc1cc(Cl)ccc1Cl. The molecular formula is C13H10Cl2N2O2. The Balaban J connectivity index is 2.40. The number of benzene rings is 2. The Hall–Kier alpha value is -1.91. The van der Waals surface area contributed by atoms with Crippen LogP contribution >= 0.6 is 23.2 Å². The first-order valence-electron chi connectivity index (χ1n) is 5.32. The van der Waals surface area contributed by atoms with E-state index < -0.39 is 5.97 Å². The van der Waals surface area contributed by atoms with Crippen LogP contribution in [-0.4, -0.2) is 11.1 Å². The molecule has 2 aromatic rings. The zero-order chi connectivity index (χ0) is 14.0. The van der Waals surface area contributed by atoms with Crippen LogP contribution < -0.4 is 11.1 Å². The Morgan fingerprint density at radius 1 is 1.11 bits per heavy atom. The van der Waals surface area contributed by atoms with Gasteiger partial charge in [0.05, 0.1) is 27.6 Å². The van der Waals surface area contributed by atoms with Crippen molar-refractivity contribution in [2.75, 3.05) is 11.1 Å². The lowest BCUT2D eigenvalue weighted by atomic mass is 10.1. The first-order valence-corrected chi connectivity index (χ1v) is 6.08. The largest absolute Gasteiger partial charge is 0.478 e. The van der Waals surface area contributed by atoms with E-state index >= 15 is 0 Å². The van der Waals surface area contributed by atoms with Gasteiger partial charge in [-0.25, -0.2) is 4.79 Å². The van der Waals surface area contributed by atoms with E-state index in [0.717, 1.165) is 0 Å². The van der Waals surface area contributed by atoms with Gasteiger partial charge in [0, 0.05) is 5.02 Å². The van der Waals surface area contributed by atoms with Crippen molar-refractivity contribution in [1.29, 1.82) is 0 Å². The molecule has 6 heteroatoms. The number of hydrogen-bond donors (Lipinski definition) is 3. The lowest BCUT2D eigenvalue weighted by Crippen LogP contribution is -2.01. The molecule has 0 fully saturated rings. The second-order valence-corrected chi connectivity index (χ2v) is 4.70. The van der Waals surface area contributed by atoms with Gasteiger partial charge in [-0.15, -0.1) is 0 Å². The van der Waals surface area contributed by atoms with Gasteiger partial charge in [-0.1, -0.05) is 23.2 Å². The Morgan fingerprint density at radius 2 is 1.84 bits per heavy atom. The molecule has 4 N–H and O–H groups in total. The third-order valence-corrected chi connectivity index (χ3v) is 3.06. The number of nitrogen functional groups attached to an aromatic ring is 1. The van der Waals surface area contributed by atoms with Crippen LogP contribution in [0.5, 0.6) is 0 Å². The predicted molar refractivity (Wildman–Crippen MR) is 77.6 cm³/mol. The first kappa shape index (κ1) is 13.5. The third-order valence-electron chi connectivity index (χ3n) is 2.50. The molecule has 0 heterocycles. The van der Waals surface area contributed by atoms with Crippen LogP contribution in [0.2, 0.25) is 10.0 Å². The van der Waals surface area contributed by atoms with E-state index in [0.29, 0.717) is 27.1 Å². The summed E-state index contributed by atoms with van der Waals surface area (Å²) in [5, 5.41) is 12.9. The fraction of sp³-hybridized carbons (Fsp3) is 0. The molecule has 0 saturated carbocycles. The molecule has 0 bridgehead atoms.